The van der Waals surface area contributed by atoms with Crippen LogP contribution in [0.1, 0.15) is 36.4 Å². The molecular formula is C21H24FN3O3S. The molecule has 2 aromatic rings. The van der Waals surface area contributed by atoms with E-state index in [4.69, 9.17) is 10.00 Å². The fourth-order valence-corrected chi connectivity index (χ4v) is 4.61. The molecule has 6 nitrogen and oxygen atoms in total. The summed E-state index contributed by atoms with van der Waals surface area (Å²) in [5, 5.41) is 8.97. The maximum Gasteiger partial charge on any atom is 0.240 e. The van der Waals surface area contributed by atoms with Crippen molar-refractivity contribution in [3.63, 3.8) is 0 Å². The molecule has 1 aliphatic heterocycles. The first-order valence-electron chi connectivity index (χ1n) is 9.52. The Bertz CT molecular complexity index is 981. The molecule has 0 spiro atoms. The van der Waals surface area contributed by atoms with E-state index in [2.05, 4.69) is 9.62 Å². The summed E-state index contributed by atoms with van der Waals surface area (Å²) in [7, 11) is -2.28. The molecule has 0 saturated carbocycles. The third kappa shape index (κ3) is 5.12. The molecule has 29 heavy (non-hydrogen) atoms. The van der Waals surface area contributed by atoms with Crippen molar-refractivity contribution < 1.29 is 17.5 Å². The van der Waals surface area contributed by atoms with Crippen LogP contribution in [0.3, 0.4) is 0 Å². The number of nitrogens with one attached hydrogen (secondary N) is 1. The minimum Gasteiger partial charge on any atom is -0.497 e. The number of likely N-dealkylation sites (tertiary alicyclic amines) is 1. The van der Waals surface area contributed by atoms with Gasteiger partial charge in [0.15, 0.2) is 0 Å². The number of benzene rings is 2. The SMILES string of the molecule is COc1ccc(C(CNS(=O)(=O)c2ccc(F)c(C#N)c2)N2CCCCC2)cc1. The van der Waals surface area contributed by atoms with Crippen molar-refractivity contribution in [1.82, 2.24) is 9.62 Å². The molecule has 1 atom stereocenters. The molecule has 0 radical (unpaired) electrons. The van der Waals surface area contributed by atoms with Crippen LogP contribution in [-0.4, -0.2) is 40.1 Å². The third-order valence-corrected chi connectivity index (χ3v) is 6.59. The van der Waals surface area contributed by atoms with Crippen molar-refractivity contribution in [2.75, 3.05) is 26.7 Å². The van der Waals surface area contributed by atoms with E-state index in [1.807, 2.05) is 24.3 Å². The minimum absolute atomic E-state index is 0.123. The second-order valence-electron chi connectivity index (χ2n) is 6.99. The topological polar surface area (TPSA) is 82.4 Å². The molecule has 1 heterocycles. The molecule has 2 aromatic carbocycles. The van der Waals surface area contributed by atoms with Gasteiger partial charge in [-0.3, -0.25) is 4.90 Å². The summed E-state index contributed by atoms with van der Waals surface area (Å²) in [6.45, 7) is 1.97. The highest BCUT2D eigenvalue weighted by Crippen LogP contribution is 2.26. The molecule has 1 N–H and O–H groups in total. The normalized spacial score (nSPS) is 16.2. The van der Waals surface area contributed by atoms with Gasteiger partial charge in [0.2, 0.25) is 10.0 Å². The van der Waals surface area contributed by atoms with Gasteiger partial charge in [0.25, 0.3) is 0 Å². The van der Waals surface area contributed by atoms with Crippen LogP contribution in [0.5, 0.6) is 5.75 Å². The highest BCUT2D eigenvalue weighted by Gasteiger charge is 2.25. The van der Waals surface area contributed by atoms with Gasteiger partial charge in [-0.1, -0.05) is 18.6 Å². The number of piperidine rings is 1. The first-order valence-corrected chi connectivity index (χ1v) is 11.0. The van der Waals surface area contributed by atoms with Crippen LogP contribution >= 0.6 is 0 Å². The van der Waals surface area contributed by atoms with Crippen LogP contribution in [0.2, 0.25) is 0 Å². The van der Waals surface area contributed by atoms with Crippen LogP contribution in [0.25, 0.3) is 0 Å². The average molecular weight is 418 g/mol. The smallest absolute Gasteiger partial charge is 0.240 e. The summed E-state index contributed by atoms with van der Waals surface area (Å²) in [6.07, 6.45) is 3.32. The van der Waals surface area contributed by atoms with Gasteiger partial charge >= 0.3 is 0 Å². The fraction of sp³-hybridized carbons (Fsp3) is 0.381. The second-order valence-corrected chi connectivity index (χ2v) is 8.76. The number of rotatable bonds is 7. The standard InChI is InChI=1S/C21H24FN3O3S/c1-28-18-7-5-16(6-8-18)21(25-11-3-2-4-12-25)15-24-29(26,27)19-9-10-20(22)17(13-19)14-23/h5-10,13,21,24H,2-4,11-12,15H2,1H3. The Labute approximate surface area is 171 Å². The van der Waals surface area contributed by atoms with Crippen molar-refractivity contribution in [2.24, 2.45) is 0 Å². The summed E-state index contributed by atoms with van der Waals surface area (Å²) in [4.78, 5) is 2.15. The number of halogens is 1. The lowest BCUT2D eigenvalue weighted by Crippen LogP contribution is -2.40. The van der Waals surface area contributed by atoms with Gasteiger partial charge in [0, 0.05) is 12.6 Å². The van der Waals surface area contributed by atoms with Crippen LogP contribution in [0, 0.1) is 17.1 Å². The van der Waals surface area contributed by atoms with Gasteiger partial charge in [0.05, 0.1) is 17.6 Å². The predicted octanol–water partition coefficient (Wildman–Crippen LogP) is 3.21. The van der Waals surface area contributed by atoms with E-state index in [1.165, 1.54) is 12.5 Å². The van der Waals surface area contributed by atoms with E-state index in [9.17, 15) is 12.8 Å². The van der Waals surface area contributed by atoms with E-state index >= 15 is 0 Å². The lowest BCUT2D eigenvalue weighted by Gasteiger charge is -2.35. The van der Waals surface area contributed by atoms with Crippen LogP contribution in [0.4, 0.5) is 4.39 Å². The highest BCUT2D eigenvalue weighted by molar-refractivity contribution is 7.89. The molecule has 3 rings (SSSR count). The lowest BCUT2D eigenvalue weighted by atomic mass is 10.0. The van der Waals surface area contributed by atoms with Crippen molar-refractivity contribution in [1.29, 1.82) is 5.26 Å². The number of hydrogen-bond acceptors (Lipinski definition) is 5. The quantitative estimate of drug-likeness (QED) is 0.748. The monoisotopic (exact) mass is 417 g/mol. The summed E-state index contributed by atoms with van der Waals surface area (Å²) < 4.78 is 46.9. The number of ether oxygens (including phenoxy) is 1. The Balaban J connectivity index is 1.82. The molecule has 0 amide bonds. The van der Waals surface area contributed by atoms with Crippen molar-refractivity contribution in [3.8, 4) is 11.8 Å². The first-order chi connectivity index (χ1) is 13.9. The zero-order valence-electron chi connectivity index (χ0n) is 16.3. The Hall–Kier alpha value is -2.47. The van der Waals surface area contributed by atoms with Gasteiger partial charge in [-0.05, 0) is 61.8 Å². The number of nitrogens with zero attached hydrogens (tertiary/aromatic N) is 2. The van der Waals surface area contributed by atoms with Crippen molar-refractivity contribution in [3.05, 3.63) is 59.4 Å². The Morgan fingerprint density at radius 3 is 2.48 bits per heavy atom. The van der Waals surface area contributed by atoms with Crippen LogP contribution in [-0.2, 0) is 10.0 Å². The van der Waals surface area contributed by atoms with Gasteiger partial charge in [0.1, 0.15) is 17.6 Å². The lowest BCUT2D eigenvalue weighted by molar-refractivity contribution is 0.164. The highest BCUT2D eigenvalue weighted by atomic mass is 32.2. The maximum absolute atomic E-state index is 13.5. The molecule has 1 unspecified atom stereocenters. The van der Waals surface area contributed by atoms with E-state index in [0.29, 0.717) is 0 Å². The van der Waals surface area contributed by atoms with E-state index in [1.54, 1.807) is 13.2 Å². The van der Waals surface area contributed by atoms with Gasteiger partial charge in [-0.25, -0.2) is 17.5 Å². The number of sulfonamides is 1. The zero-order chi connectivity index (χ0) is 20.9. The van der Waals surface area contributed by atoms with Gasteiger partial charge < -0.3 is 4.74 Å². The maximum atomic E-state index is 13.5. The van der Waals surface area contributed by atoms with E-state index in [-0.39, 0.29) is 23.0 Å². The molecule has 0 aromatic heterocycles. The fourth-order valence-electron chi connectivity index (χ4n) is 3.54. The number of nitriles is 1. The Kier molecular flexibility index (Phi) is 6.85. The Morgan fingerprint density at radius 1 is 1.17 bits per heavy atom. The second kappa shape index (κ2) is 9.35. The van der Waals surface area contributed by atoms with Crippen LogP contribution < -0.4 is 9.46 Å². The Morgan fingerprint density at radius 2 is 1.86 bits per heavy atom. The van der Waals surface area contributed by atoms with E-state index < -0.39 is 15.8 Å². The minimum atomic E-state index is -3.88. The van der Waals surface area contributed by atoms with Crippen LogP contribution in [0.15, 0.2) is 47.4 Å². The van der Waals surface area contributed by atoms with Crippen molar-refractivity contribution >= 4 is 10.0 Å². The summed E-state index contributed by atoms with van der Waals surface area (Å²) >= 11 is 0. The first kappa shape index (κ1) is 21.2. The molecule has 8 heteroatoms. The summed E-state index contributed by atoms with van der Waals surface area (Å²) in [5.74, 6) is -0.00190. The zero-order valence-corrected chi connectivity index (χ0v) is 17.1. The number of hydrogen-bond donors (Lipinski definition) is 1. The summed E-state index contributed by atoms with van der Waals surface area (Å²) in [6, 6.07) is 12.4. The molecule has 1 aliphatic rings. The molecule has 1 fully saturated rings. The third-order valence-electron chi connectivity index (χ3n) is 5.17. The van der Waals surface area contributed by atoms with Crippen molar-refractivity contribution in [2.45, 2.75) is 30.2 Å². The number of methoxy groups -OCH3 is 1. The van der Waals surface area contributed by atoms with Gasteiger partial charge in [-0.15, -0.1) is 0 Å². The molecule has 0 bridgehead atoms. The molecule has 1 saturated heterocycles. The van der Waals surface area contributed by atoms with Gasteiger partial charge in [-0.2, -0.15) is 5.26 Å². The van der Waals surface area contributed by atoms with E-state index in [0.717, 1.165) is 49.4 Å². The average Bonchev–Trinajstić information content (AvgIpc) is 2.75. The summed E-state index contributed by atoms with van der Waals surface area (Å²) in [5.41, 5.74) is 0.697. The molecule has 0 aliphatic carbocycles. The predicted molar refractivity (Wildman–Crippen MR) is 107 cm³/mol. The molecular weight excluding hydrogens is 393 g/mol. The largest absolute Gasteiger partial charge is 0.497 e. The molecule has 154 valence electrons.